The van der Waals surface area contributed by atoms with Crippen molar-refractivity contribution in [3.05, 3.63) is 0 Å². The molecule has 0 aliphatic heterocycles. The Hall–Kier alpha value is -0.250. The van der Waals surface area contributed by atoms with Crippen molar-refractivity contribution in [3.63, 3.8) is 0 Å². The van der Waals surface area contributed by atoms with Gasteiger partial charge in [-0.25, -0.2) is 0 Å². The molecule has 0 amide bonds. The normalized spacial score (nSPS) is 14.8. The van der Waals surface area contributed by atoms with E-state index in [1.165, 1.54) is 0 Å². The molecule has 0 aromatic rings. The number of hydrogen-bond donors (Lipinski definition) is 1. The summed E-state index contributed by atoms with van der Waals surface area (Å²) >= 11 is 0. The molecule has 1 atom stereocenters. The molecule has 0 radical (unpaired) electrons. The van der Waals surface area contributed by atoms with Gasteiger partial charge in [0.25, 0.3) is 0 Å². The molecule has 1 nitrogen and oxygen atoms in total. The second-order valence-electron chi connectivity index (χ2n) is 3.19. The molecule has 0 aliphatic carbocycles. The van der Waals surface area contributed by atoms with Crippen molar-refractivity contribution in [2.24, 2.45) is 11.7 Å². The molecule has 0 saturated heterocycles. The van der Waals surface area contributed by atoms with Gasteiger partial charge in [-0.15, -0.1) is 0 Å². The SMILES string of the molecule is CC(CCN)CCCC(F)(F)F. The van der Waals surface area contributed by atoms with E-state index < -0.39 is 12.6 Å². The van der Waals surface area contributed by atoms with Crippen LogP contribution in [0.15, 0.2) is 0 Å². The molecule has 0 saturated carbocycles. The lowest BCUT2D eigenvalue weighted by Gasteiger charge is -2.10. The number of rotatable bonds is 5. The van der Waals surface area contributed by atoms with Gasteiger partial charge in [0.15, 0.2) is 0 Å². The van der Waals surface area contributed by atoms with Crippen LogP contribution in [0.1, 0.15) is 32.6 Å². The molecule has 2 N–H and O–H groups in total. The fourth-order valence-electron chi connectivity index (χ4n) is 1.08. The van der Waals surface area contributed by atoms with E-state index >= 15 is 0 Å². The first kappa shape index (κ1) is 11.8. The third kappa shape index (κ3) is 7.85. The maximum Gasteiger partial charge on any atom is 0.389 e. The third-order valence-corrected chi connectivity index (χ3v) is 1.82. The van der Waals surface area contributed by atoms with Crippen LogP contribution in [0.5, 0.6) is 0 Å². The monoisotopic (exact) mass is 183 g/mol. The minimum atomic E-state index is -4.00. The number of halogens is 3. The van der Waals surface area contributed by atoms with Crippen molar-refractivity contribution >= 4 is 0 Å². The first-order valence-corrected chi connectivity index (χ1v) is 4.22. The van der Waals surface area contributed by atoms with Gasteiger partial charge in [0.1, 0.15) is 0 Å². The maximum atomic E-state index is 11.7. The third-order valence-electron chi connectivity index (χ3n) is 1.82. The highest BCUT2D eigenvalue weighted by Gasteiger charge is 2.26. The molecule has 0 fully saturated rings. The molecule has 4 heteroatoms. The van der Waals surface area contributed by atoms with Gasteiger partial charge in [0.05, 0.1) is 0 Å². The Kier molecular flexibility index (Phi) is 5.29. The standard InChI is InChI=1S/C8H16F3N/c1-7(4-6-12)3-2-5-8(9,10)11/h7H,2-6,12H2,1H3. The lowest BCUT2D eigenvalue weighted by atomic mass is 10.0. The Morgan fingerprint density at radius 2 is 1.83 bits per heavy atom. The first-order valence-electron chi connectivity index (χ1n) is 4.22. The fraction of sp³-hybridized carbons (Fsp3) is 1.00. The van der Waals surface area contributed by atoms with Crippen LogP contribution < -0.4 is 5.73 Å². The predicted octanol–water partition coefficient (Wildman–Crippen LogP) is 2.70. The fourth-order valence-corrected chi connectivity index (χ4v) is 1.08. The van der Waals surface area contributed by atoms with Crippen LogP contribution in [-0.2, 0) is 0 Å². The summed E-state index contributed by atoms with van der Waals surface area (Å²) in [6, 6.07) is 0. The Morgan fingerprint density at radius 3 is 2.25 bits per heavy atom. The highest BCUT2D eigenvalue weighted by Crippen LogP contribution is 2.24. The molecular formula is C8H16F3N. The molecule has 0 aliphatic rings. The van der Waals surface area contributed by atoms with Crippen LogP contribution in [0.25, 0.3) is 0 Å². The van der Waals surface area contributed by atoms with Crippen LogP contribution in [0.3, 0.4) is 0 Å². The minimum Gasteiger partial charge on any atom is -0.330 e. The molecule has 12 heavy (non-hydrogen) atoms. The summed E-state index contributed by atoms with van der Waals surface area (Å²) in [5.41, 5.74) is 5.26. The van der Waals surface area contributed by atoms with Gasteiger partial charge in [0, 0.05) is 6.42 Å². The topological polar surface area (TPSA) is 26.0 Å². The Morgan fingerprint density at radius 1 is 1.25 bits per heavy atom. The average molecular weight is 183 g/mol. The second-order valence-corrected chi connectivity index (χ2v) is 3.19. The molecule has 0 bridgehead atoms. The highest BCUT2D eigenvalue weighted by atomic mass is 19.4. The minimum absolute atomic E-state index is 0.227. The molecule has 0 spiro atoms. The van der Waals surface area contributed by atoms with Crippen molar-refractivity contribution < 1.29 is 13.2 Å². The van der Waals surface area contributed by atoms with Crippen LogP contribution in [0.4, 0.5) is 13.2 Å². The van der Waals surface area contributed by atoms with E-state index in [-0.39, 0.29) is 6.42 Å². The van der Waals surface area contributed by atoms with Gasteiger partial charge in [-0.3, -0.25) is 0 Å². The zero-order valence-corrected chi connectivity index (χ0v) is 7.32. The maximum absolute atomic E-state index is 11.7. The van der Waals surface area contributed by atoms with Crippen LogP contribution in [0.2, 0.25) is 0 Å². The summed E-state index contributed by atoms with van der Waals surface area (Å²) < 4.78 is 35.0. The van der Waals surface area contributed by atoms with E-state index in [0.717, 1.165) is 6.42 Å². The zero-order chi connectivity index (χ0) is 9.61. The van der Waals surface area contributed by atoms with Crippen LogP contribution >= 0.6 is 0 Å². The number of nitrogens with two attached hydrogens (primary N) is 1. The van der Waals surface area contributed by atoms with Crippen LogP contribution in [0, 0.1) is 5.92 Å². The van der Waals surface area contributed by atoms with Crippen molar-refractivity contribution in [1.82, 2.24) is 0 Å². The average Bonchev–Trinajstić information content (AvgIpc) is 1.84. The lowest BCUT2D eigenvalue weighted by Crippen LogP contribution is -2.09. The molecular weight excluding hydrogens is 167 g/mol. The molecule has 0 rings (SSSR count). The summed E-state index contributed by atoms with van der Waals surface area (Å²) in [6.07, 6.45) is -3.00. The van der Waals surface area contributed by atoms with E-state index in [1.54, 1.807) is 0 Å². The van der Waals surface area contributed by atoms with E-state index in [1.807, 2.05) is 6.92 Å². The van der Waals surface area contributed by atoms with Gasteiger partial charge in [-0.2, -0.15) is 13.2 Å². The van der Waals surface area contributed by atoms with Crippen molar-refractivity contribution in [3.8, 4) is 0 Å². The Bertz CT molecular complexity index is 111. The summed E-state index contributed by atoms with van der Waals surface area (Å²) in [5, 5.41) is 0. The quantitative estimate of drug-likeness (QED) is 0.696. The Balaban J connectivity index is 3.31. The lowest BCUT2D eigenvalue weighted by molar-refractivity contribution is -0.136. The number of alkyl halides is 3. The van der Waals surface area contributed by atoms with E-state index in [2.05, 4.69) is 0 Å². The van der Waals surface area contributed by atoms with Crippen molar-refractivity contribution in [2.75, 3.05) is 6.54 Å². The summed E-state index contributed by atoms with van der Waals surface area (Å²) in [7, 11) is 0. The van der Waals surface area contributed by atoms with E-state index in [9.17, 15) is 13.2 Å². The zero-order valence-electron chi connectivity index (χ0n) is 7.32. The predicted molar refractivity (Wildman–Crippen MR) is 42.7 cm³/mol. The van der Waals surface area contributed by atoms with Gasteiger partial charge in [0.2, 0.25) is 0 Å². The van der Waals surface area contributed by atoms with Gasteiger partial charge in [-0.05, 0) is 25.3 Å². The first-order chi connectivity index (χ1) is 5.45. The summed E-state index contributed by atoms with van der Waals surface area (Å²) in [6.45, 7) is 2.50. The van der Waals surface area contributed by atoms with Gasteiger partial charge in [-0.1, -0.05) is 13.3 Å². The van der Waals surface area contributed by atoms with E-state index in [4.69, 9.17) is 5.73 Å². The molecule has 0 heterocycles. The highest BCUT2D eigenvalue weighted by molar-refractivity contribution is 4.57. The second kappa shape index (κ2) is 5.41. The smallest absolute Gasteiger partial charge is 0.330 e. The molecule has 1 unspecified atom stereocenters. The van der Waals surface area contributed by atoms with Gasteiger partial charge >= 0.3 is 6.18 Å². The van der Waals surface area contributed by atoms with Crippen LogP contribution in [-0.4, -0.2) is 12.7 Å². The molecule has 0 aromatic heterocycles. The number of hydrogen-bond acceptors (Lipinski definition) is 1. The largest absolute Gasteiger partial charge is 0.389 e. The van der Waals surface area contributed by atoms with E-state index in [0.29, 0.717) is 18.9 Å². The molecule has 74 valence electrons. The summed E-state index contributed by atoms with van der Waals surface area (Å²) in [5.74, 6) is 0.317. The van der Waals surface area contributed by atoms with Crippen molar-refractivity contribution in [2.45, 2.75) is 38.8 Å². The van der Waals surface area contributed by atoms with Gasteiger partial charge < -0.3 is 5.73 Å². The Labute approximate surface area is 71.1 Å². The molecule has 0 aromatic carbocycles. The summed E-state index contributed by atoms with van der Waals surface area (Å²) in [4.78, 5) is 0. The van der Waals surface area contributed by atoms with Crippen molar-refractivity contribution in [1.29, 1.82) is 0 Å².